The molecular weight excluding hydrogens is 196 g/mol. The van der Waals surface area contributed by atoms with E-state index in [0.29, 0.717) is 12.5 Å². The molecule has 0 unspecified atom stereocenters. The van der Waals surface area contributed by atoms with Crippen LogP contribution >= 0.6 is 0 Å². The summed E-state index contributed by atoms with van der Waals surface area (Å²) < 4.78 is 5.14. The van der Waals surface area contributed by atoms with Crippen molar-refractivity contribution in [3.05, 3.63) is 0 Å². The minimum absolute atomic E-state index is 0.00665. The Morgan fingerprint density at radius 3 is 2.67 bits per heavy atom. The molecule has 0 saturated carbocycles. The number of primary amides is 1. The van der Waals surface area contributed by atoms with Gasteiger partial charge in [0, 0.05) is 6.54 Å². The van der Waals surface area contributed by atoms with Crippen molar-refractivity contribution in [2.24, 2.45) is 11.7 Å². The predicted molar refractivity (Wildman–Crippen MR) is 55.2 cm³/mol. The number of nitrogens with two attached hydrogens (primary N) is 1. The second-order valence-electron chi connectivity index (χ2n) is 4.15. The van der Waals surface area contributed by atoms with E-state index in [9.17, 15) is 9.59 Å². The molecule has 1 fully saturated rings. The number of ether oxygens (including phenoxy) is 1. The normalized spacial score (nSPS) is 26.8. The van der Waals surface area contributed by atoms with Crippen molar-refractivity contribution in [1.82, 2.24) is 4.90 Å². The SMILES string of the molecule is CC(=O)[C@@H]1C[C@@H](COCC(N)=O)CN1C. The molecule has 1 saturated heterocycles. The molecule has 0 bridgehead atoms. The van der Waals surface area contributed by atoms with Gasteiger partial charge in [-0.2, -0.15) is 0 Å². The molecule has 0 radical (unpaired) electrons. The number of likely N-dealkylation sites (tertiary alicyclic amines) is 1. The Morgan fingerprint density at radius 1 is 1.53 bits per heavy atom. The molecule has 0 aromatic heterocycles. The lowest BCUT2D eigenvalue weighted by atomic mass is 10.0. The Morgan fingerprint density at radius 2 is 2.20 bits per heavy atom. The fourth-order valence-electron chi connectivity index (χ4n) is 2.03. The van der Waals surface area contributed by atoms with E-state index < -0.39 is 5.91 Å². The number of carbonyl (C=O) groups excluding carboxylic acids is 2. The summed E-state index contributed by atoms with van der Waals surface area (Å²) in [5.74, 6) is 0.0580. The average molecular weight is 214 g/mol. The Balaban J connectivity index is 2.29. The first kappa shape index (κ1) is 12.1. The first-order chi connectivity index (χ1) is 7.00. The van der Waals surface area contributed by atoms with Crippen LogP contribution in [0.4, 0.5) is 0 Å². The Labute approximate surface area is 89.6 Å². The predicted octanol–water partition coefficient (Wildman–Crippen LogP) is -0.602. The maximum atomic E-state index is 11.2. The lowest BCUT2D eigenvalue weighted by Crippen LogP contribution is -2.30. The minimum Gasteiger partial charge on any atom is -0.371 e. The zero-order valence-electron chi connectivity index (χ0n) is 9.23. The zero-order valence-corrected chi connectivity index (χ0v) is 9.23. The van der Waals surface area contributed by atoms with Gasteiger partial charge in [-0.1, -0.05) is 0 Å². The van der Waals surface area contributed by atoms with Gasteiger partial charge in [-0.05, 0) is 26.3 Å². The smallest absolute Gasteiger partial charge is 0.243 e. The highest BCUT2D eigenvalue weighted by Crippen LogP contribution is 2.22. The van der Waals surface area contributed by atoms with Crippen molar-refractivity contribution in [3.8, 4) is 0 Å². The maximum Gasteiger partial charge on any atom is 0.243 e. The molecule has 1 rings (SSSR count). The van der Waals surface area contributed by atoms with Crippen LogP contribution in [0.1, 0.15) is 13.3 Å². The maximum absolute atomic E-state index is 11.2. The van der Waals surface area contributed by atoms with Crippen molar-refractivity contribution in [2.75, 3.05) is 26.8 Å². The number of nitrogens with zero attached hydrogens (tertiary/aromatic N) is 1. The van der Waals surface area contributed by atoms with Gasteiger partial charge in [0.05, 0.1) is 12.6 Å². The number of amides is 1. The summed E-state index contributed by atoms with van der Waals surface area (Å²) in [7, 11) is 1.93. The lowest BCUT2D eigenvalue weighted by Gasteiger charge is -2.14. The van der Waals surface area contributed by atoms with Gasteiger partial charge in [-0.25, -0.2) is 0 Å². The van der Waals surface area contributed by atoms with Gasteiger partial charge in [0.2, 0.25) is 5.91 Å². The highest BCUT2D eigenvalue weighted by Gasteiger charge is 2.32. The van der Waals surface area contributed by atoms with Crippen LogP contribution < -0.4 is 5.73 Å². The van der Waals surface area contributed by atoms with Crippen LogP contribution in [-0.4, -0.2) is 49.4 Å². The molecule has 0 aromatic carbocycles. The summed E-state index contributed by atoms with van der Waals surface area (Å²) in [4.78, 5) is 23.7. The molecule has 1 aliphatic rings. The first-order valence-electron chi connectivity index (χ1n) is 5.07. The van der Waals surface area contributed by atoms with Gasteiger partial charge < -0.3 is 10.5 Å². The summed E-state index contributed by atoms with van der Waals surface area (Å²) in [6, 6.07) is 0.00665. The van der Waals surface area contributed by atoms with Crippen LogP contribution in [0, 0.1) is 5.92 Å². The van der Waals surface area contributed by atoms with E-state index in [1.54, 1.807) is 6.92 Å². The molecule has 86 valence electrons. The Bertz CT molecular complexity index is 255. The number of ketones is 1. The van der Waals surface area contributed by atoms with Crippen LogP contribution in [0.25, 0.3) is 0 Å². The van der Waals surface area contributed by atoms with Gasteiger partial charge in [-0.15, -0.1) is 0 Å². The van der Waals surface area contributed by atoms with Gasteiger partial charge in [0.25, 0.3) is 0 Å². The molecule has 5 nitrogen and oxygen atoms in total. The Hall–Kier alpha value is -0.940. The van der Waals surface area contributed by atoms with E-state index >= 15 is 0 Å². The third-order valence-electron chi connectivity index (χ3n) is 2.70. The van der Waals surface area contributed by atoms with Crippen molar-refractivity contribution < 1.29 is 14.3 Å². The third-order valence-corrected chi connectivity index (χ3v) is 2.70. The summed E-state index contributed by atoms with van der Waals surface area (Å²) in [6.07, 6.45) is 0.810. The third kappa shape index (κ3) is 3.60. The Kier molecular flexibility index (Phi) is 4.23. The number of hydrogen-bond donors (Lipinski definition) is 1. The largest absolute Gasteiger partial charge is 0.371 e. The van der Waals surface area contributed by atoms with Crippen molar-refractivity contribution >= 4 is 11.7 Å². The standard InChI is InChI=1S/C10H18N2O3/c1-7(13)9-3-8(4-12(9)2)5-15-6-10(11)14/h8-9H,3-6H2,1-2H3,(H2,11,14)/t8-,9+/m1/s1. The molecular formula is C10H18N2O3. The number of hydrogen-bond acceptors (Lipinski definition) is 4. The topological polar surface area (TPSA) is 72.6 Å². The molecule has 0 aliphatic carbocycles. The second kappa shape index (κ2) is 5.23. The van der Waals surface area contributed by atoms with Crippen LogP contribution in [0.2, 0.25) is 0 Å². The molecule has 0 aromatic rings. The van der Waals surface area contributed by atoms with Gasteiger partial charge in [0.1, 0.15) is 12.4 Å². The van der Waals surface area contributed by atoms with Crippen molar-refractivity contribution in [2.45, 2.75) is 19.4 Å². The first-order valence-corrected chi connectivity index (χ1v) is 5.07. The molecule has 1 amide bonds. The number of carbonyl (C=O) groups is 2. The monoisotopic (exact) mass is 214 g/mol. The van der Waals surface area contributed by atoms with Gasteiger partial charge >= 0.3 is 0 Å². The van der Waals surface area contributed by atoms with Crippen LogP contribution in [0.3, 0.4) is 0 Å². The molecule has 1 heterocycles. The van der Waals surface area contributed by atoms with Crippen LogP contribution in [0.15, 0.2) is 0 Å². The van der Waals surface area contributed by atoms with Crippen LogP contribution in [0.5, 0.6) is 0 Å². The van der Waals surface area contributed by atoms with E-state index in [1.165, 1.54) is 0 Å². The fourth-order valence-corrected chi connectivity index (χ4v) is 2.03. The zero-order chi connectivity index (χ0) is 11.4. The summed E-state index contributed by atoms with van der Waals surface area (Å²) in [6.45, 7) is 2.90. The van der Waals surface area contributed by atoms with E-state index in [0.717, 1.165) is 13.0 Å². The molecule has 5 heteroatoms. The minimum atomic E-state index is -0.454. The van der Waals surface area contributed by atoms with E-state index in [4.69, 9.17) is 10.5 Å². The molecule has 15 heavy (non-hydrogen) atoms. The quantitative estimate of drug-likeness (QED) is 0.663. The van der Waals surface area contributed by atoms with E-state index in [1.807, 2.05) is 11.9 Å². The highest BCUT2D eigenvalue weighted by atomic mass is 16.5. The summed E-state index contributed by atoms with van der Waals surface area (Å²) in [5.41, 5.74) is 4.95. The average Bonchev–Trinajstić information content (AvgIpc) is 2.46. The number of Topliss-reactive ketones (excluding diaryl/α,β-unsaturated/α-hetero) is 1. The lowest BCUT2D eigenvalue weighted by molar-refractivity contribution is -0.123. The summed E-state index contributed by atoms with van der Waals surface area (Å²) >= 11 is 0. The number of likely N-dealkylation sites (N-methyl/N-ethyl adjacent to an activating group) is 1. The number of rotatable bonds is 5. The molecule has 2 atom stereocenters. The fraction of sp³-hybridized carbons (Fsp3) is 0.800. The van der Waals surface area contributed by atoms with Gasteiger partial charge in [-0.3, -0.25) is 14.5 Å². The van der Waals surface area contributed by atoms with Crippen molar-refractivity contribution in [3.63, 3.8) is 0 Å². The molecule has 2 N–H and O–H groups in total. The van der Waals surface area contributed by atoms with Crippen LogP contribution in [-0.2, 0) is 14.3 Å². The van der Waals surface area contributed by atoms with E-state index in [2.05, 4.69) is 0 Å². The summed E-state index contributed by atoms with van der Waals surface area (Å²) in [5, 5.41) is 0. The van der Waals surface area contributed by atoms with E-state index in [-0.39, 0.29) is 18.4 Å². The van der Waals surface area contributed by atoms with Crippen molar-refractivity contribution in [1.29, 1.82) is 0 Å². The second-order valence-corrected chi connectivity index (χ2v) is 4.15. The highest BCUT2D eigenvalue weighted by molar-refractivity contribution is 5.81. The molecule has 0 spiro atoms. The van der Waals surface area contributed by atoms with Gasteiger partial charge in [0.15, 0.2) is 0 Å². The molecule has 1 aliphatic heterocycles.